The number of ether oxygens (including phenoxy) is 1. The van der Waals surface area contributed by atoms with E-state index in [4.69, 9.17) is 9.63 Å². The lowest BCUT2D eigenvalue weighted by Gasteiger charge is -2.19. The molecule has 0 bridgehead atoms. The minimum absolute atomic E-state index is 0.0986. The van der Waals surface area contributed by atoms with Crippen LogP contribution >= 0.6 is 0 Å². The van der Waals surface area contributed by atoms with E-state index in [0.29, 0.717) is 5.57 Å². The van der Waals surface area contributed by atoms with Crippen LogP contribution in [0, 0.1) is 0 Å². The second kappa shape index (κ2) is 5.13. The third-order valence-electron chi connectivity index (χ3n) is 1.94. The van der Waals surface area contributed by atoms with Gasteiger partial charge in [-0.25, -0.2) is 4.79 Å². The van der Waals surface area contributed by atoms with Crippen LogP contribution in [0.1, 0.15) is 43.9 Å². The van der Waals surface area contributed by atoms with Crippen molar-refractivity contribution in [1.82, 2.24) is 10.5 Å². The molecular weight excluding hydrogens is 252 g/mol. The Morgan fingerprint density at radius 3 is 2.42 bits per heavy atom. The maximum atomic E-state index is 12.0. The van der Waals surface area contributed by atoms with Gasteiger partial charge in [-0.3, -0.25) is 4.79 Å². The van der Waals surface area contributed by atoms with E-state index in [-0.39, 0.29) is 17.2 Å². The standard InChI is InChI=1S/C12H16N2O5/c1-6(2)7-8(18-11(16)17)9(19-14-7)10(15)13-12(3,4)5/h1H2,2-5H3,(H,13,15)(H,16,17). The Kier molecular flexibility index (Phi) is 3.98. The summed E-state index contributed by atoms with van der Waals surface area (Å²) in [6, 6.07) is 0. The fourth-order valence-electron chi connectivity index (χ4n) is 1.28. The van der Waals surface area contributed by atoms with E-state index in [2.05, 4.69) is 21.8 Å². The number of nitrogens with one attached hydrogen (secondary N) is 1. The van der Waals surface area contributed by atoms with Crippen LogP contribution in [0.5, 0.6) is 5.75 Å². The second-order valence-corrected chi connectivity index (χ2v) is 5.04. The molecule has 0 fully saturated rings. The highest BCUT2D eigenvalue weighted by molar-refractivity contribution is 5.96. The normalized spacial score (nSPS) is 10.9. The van der Waals surface area contributed by atoms with E-state index in [1.807, 2.05) is 0 Å². The predicted molar refractivity (Wildman–Crippen MR) is 67.1 cm³/mol. The Morgan fingerprint density at radius 2 is 2.00 bits per heavy atom. The molecule has 19 heavy (non-hydrogen) atoms. The molecule has 0 aliphatic rings. The molecule has 0 aliphatic carbocycles. The van der Waals surface area contributed by atoms with Crippen molar-refractivity contribution in [2.75, 3.05) is 0 Å². The minimum Gasteiger partial charge on any atom is -0.449 e. The molecule has 1 rings (SSSR count). The van der Waals surface area contributed by atoms with Gasteiger partial charge in [-0.1, -0.05) is 11.7 Å². The summed E-state index contributed by atoms with van der Waals surface area (Å²) in [5.41, 5.74) is 0.0181. The summed E-state index contributed by atoms with van der Waals surface area (Å²) in [4.78, 5) is 22.6. The van der Waals surface area contributed by atoms with Crippen molar-refractivity contribution in [1.29, 1.82) is 0 Å². The van der Waals surface area contributed by atoms with Crippen LogP contribution in [0.4, 0.5) is 4.79 Å². The van der Waals surface area contributed by atoms with Crippen LogP contribution in [-0.2, 0) is 0 Å². The number of rotatable bonds is 3. The van der Waals surface area contributed by atoms with Crippen LogP contribution < -0.4 is 10.1 Å². The monoisotopic (exact) mass is 268 g/mol. The van der Waals surface area contributed by atoms with Crippen LogP contribution in [-0.4, -0.2) is 27.9 Å². The first-order valence-electron chi connectivity index (χ1n) is 5.50. The van der Waals surface area contributed by atoms with Crippen LogP contribution in [0.25, 0.3) is 5.57 Å². The van der Waals surface area contributed by atoms with E-state index < -0.39 is 17.6 Å². The summed E-state index contributed by atoms with van der Waals surface area (Å²) in [5, 5.41) is 14.9. The third-order valence-corrected chi connectivity index (χ3v) is 1.94. The fourth-order valence-corrected chi connectivity index (χ4v) is 1.28. The van der Waals surface area contributed by atoms with Crippen molar-refractivity contribution in [3.8, 4) is 5.75 Å². The number of aromatic nitrogens is 1. The maximum Gasteiger partial charge on any atom is 0.511 e. The first-order chi connectivity index (χ1) is 8.61. The van der Waals surface area contributed by atoms with Gasteiger partial charge < -0.3 is 19.7 Å². The SMILES string of the molecule is C=C(C)c1noc(C(=O)NC(C)(C)C)c1OC(=O)O. The van der Waals surface area contributed by atoms with Crippen molar-refractivity contribution >= 4 is 17.6 Å². The molecular formula is C12H16N2O5. The Bertz CT molecular complexity index is 525. The zero-order valence-corrected chi connectivity index (χ0v) is 11.2. The highest BCUT2D eigenvalue weighted by atomic mass is 16.7. The highest BCUT2D eigenvalue weighted by Gasteiger charge is 2.28. The van der Waals surface area contributed by atoms with Crippen molar-refractivity contribution < 1.29 is 24.0 Å². The van der Waals surface area contributed by atoms with E-state index in [1.165, 1.54) is 0 Å². The van der Waals surface area contributed by atoms with Crippen LogP contribution in [0.15, 0.2) is 11.1 Å². The van der Waals surface area contributed by atoms with Gasteiger partial charge in [0.2, 0.25) is 5.75 Å². The van der Waals surface area contributed by atoms with Crippen molar-refractivity contribution in [3.05, 3.63) is 18.0 Å². The first kappa shape index (κ1) is 14.7. The summed E-state index contributed by atoms with van der Waals surface area (Å²) < 4.78 is 9.41. The van der Waals surface area contributed by atoms with Gasteiger partial charge in [0.1, 0.15) is 0 Å². The molecule has 1 aromatic rings. The lowest BCUT2D eigenvalue weighted by Crippen LogP contribution is -2.40. The number of hydrogen-bond donors (Lipinski definition) is 2. The van der Waals surface area contributed by atoms with E-state index in [0.717, 1.165) is 0 Å². The third kappa shape index (κ3) is 3.84. The number of amides is 1. The largest absolute Gasteiger partial charge is 0.511 e. The molecule has 1 aromatic heterocycles. The van der Waals surface area contributed by atoms with Gasteiger partial charge in [-0.15, -0.1) is 0 Å². The minimum atomic E-state index is -1.56. The Hall–Kier alpha value is -2.31. The maximum absolute atomic E-state index is 12.0. The number of carbonyl (C=O) groups excluding carboxylic acids is 1. The molecule has 1 amide bonds. The van der Waals surface area contributed by atoms with Crippen molar-refractivity contribution in [2.45, 2.75) is 33.2 Å². The van der Waals surface area contributed by atoms with Gasteiger partial charge in [-0.2, -0.15) is 0 Å². The Morgan fingerprint density at radius 1 is 1.42 bits per heavy atom. The lowest BCUT2D eigenvalue weighted by molar-refractivity contribution is 0.0876. The van der Waals surface area contributed by atoms with E-state index in [9.17, 15) is 9.59 Å². The predicted octanol–water partition coefficient (Wildman–Crippen LogP) is 2.29. The molecule has 0 atom stereocenters. The number of allylic oxidation sites excluding steroid dienone is 1. The van der Waals surface area contributed by atoms with Crippen LogP contribution in [0.3, 0.4) is 0 Å². The molecule has 104 valence electrons. The van der Waals surface area contributed by atoms with Gasteiger partial charge in [0, 0.05) is 5.54 Å². The summed E-state index contributed by atoms with van der Waals surface area (Å²) in [5.74, 6) is -1.15. The molecule has 0 spiro atoms. The molecule has 0 saturated carbocycles. The Balaban J connectivity index is 3.17. The average Bonchev–Trinajstić information content (AvgIpc) is 2.57. The fraction of sp³-hybridized carbons (Fsp3) is 0.417. The van der Waals surface area contributed by atoms with Gasteiger partial charge in [0.15, 0.2) is 5.69 Å². The molecule has 7 heteroatoms. The molecule has 0 radical (unpaired) electrons. The number of carbonyl (C=O) groups is 2. The van der Waals surface area contributed by atoms with Crippen LogP contribution in [0.2, 0.25) is 0 Å². The molecule has 0 unspecified atom stereocenters. The first-order valence-corrected chi connectivity index (χ1v) is 5.50. The number of nitrogens with zero attached hydrogens (tertiary/aromatic N) is 1. The topological polar surface area (TPSA) is 102 Å². The van der Waals surface area contributed by atoms with Crippen molar-refractivity contribution in [3.63, 3.8) is 0 Å². The zero-order valence-electron chi connectivity index (χ0n) is 11.2. The highest BCUT2D eigenvalue weighted by Crippen LogP contribution is 2.29. The van der Waals surface area contributed by atoms with E-state index >= 15 is 0 Å². The molecule has 7 nitrogen and oxygen atoms in total. The van der Waals surface area contributed by atoms with Gasteiger partial charge in [0.05, 0.1) is 0 Å². The second-order valence-electron chi connectivity index (χ2n) is 5.04. The quantitative estimate of drug-likeness (QED) is 0.815. The smallest absolute Gasteiger partial charge is 0.449 e. The molecule has 1 heterocycles. The Labute approximate surface area is 110 Å². The summed E-state index contributed by atoms with van der Waals surface area (Å²) in [6.45, 7) is 10.5. The molecule has 0 saturated heterocycles. The summed E-state index contributed by atoms with van der Waals surface area (Å²) >= 11 is 0. The van der Waals surface area contributed by atoms with Crippen molar-refractivity contribution in [2.24, 2.45) is 0 Å². The molecule has 2 N–H and O–H groups in total. The van der Waals surface area contributed by atoms with Gasteiger partial charge in [0.25, 0.3) is 11.7 Å². The van der Waals surface area contributed by atoms with E-state index in [1.54, 1.807) is 27.7 Å². The number of hydrogen-bond acceptors (Lipinski definition) is 5. The summed E-state index contributed by atoms with van der Waals surface area (Å²) in [6.07, 6.45) is -1.56. The van der Waals surface area contributed by atoms with Gasteiger partial charge in [-0.05, 0) is 33.3 Å². The summed E-state index contributed by atoms with van der Waals surface area (Å²) in [7, 11) is 0. The average molecular weight is 268 g/mol. The van der Waals surface area contributed by atoms with Gasteiger partial charge >= 0.3 is 6.16 Å². The lowest BCUT2D eigenvalue weighted by atomic mass is 10.1. The molecule has 0 aromatic carbocycles. The zero-order chi connectivity index (χ0) is 14.8. The molecule has 0 aliphatic heterocycles. The number of carboxylic acid groups (broad SMARTS) is 1.